The van der Waals surface area contributed by atoms with Gasteiger partial charge in [0.1, 0.15) is 0 Å². The highest BCUT2D eigenvalue weighted by Crippen LogP contribution is 2.38. The second-order valence-electron chi connectivity index (χ2n) is 6.25. The minimum absolute atomic E-state index is 0.465. The summed E-state index contributed by atoms with van der Waals surface area (Å²) in [6, 6.07) is 1.32. The molecule has 3 saturated heterocycles. The van der Waals surface area contributed by atoms with E-state index >= 15 is 0 Å². The molecule has 0 aliphatic carbocycles. The molecule has 3 fully saturated rings. The molecule has 0 radical (unpaired) electrons. The molecule has 16 heavy (non-hydrogen) atoms. The van der Waals surface area contributed by atoms with Crippen molar-refractivity contribution in [2.75, 3.05) is 11.5 Å². The third-order valence-corrected chi connectivity index (χ3v) is 5.70. The fourth-order valence-corrected chi connectivity index (χ4v) is 4.90. The van der Waals surface area contributed by atoms with Gasteiger partial charge in [-0.25, -0.2) is 0 Å². The largest absolute Gasteiger partial charge is 0.373 e. The fraction of sp³-hybridized carbons (Fsp3) is 1.00. The van der Waals surface area contributed by atoms with Gasteiger partial charge in [-0.05, 0) is 36.9 Å². The van der Waals surface area contributed by atoms with Gasteiger partial charge in [-0.3, -0.25) is 0 Å². The minimum atomic E-state index is 0.465. The van der Waals surface area contributed by atoms with Crippen LogP contribution in [0.25, 0.3) is 0 Å². The van der Waals surface area contributed by atoms with Gasteiger partial charge in [0.25, 0.3) is 0 Å². The highest BCUT2D eigenvalue weighted by molar-refractivity contribution is 7.99. The Morgan fingerprint density at radius 1 is 1.31 bits per heavy atom. The van der Waals surface area contributed by atoms with E-state index in [0.717, 1.165) is 0 Å². The summed E-state index contributed by atoms with van der Waals surface area (Å²) in [5.41, 5.74) is 0.465. The van der Waals surface area contributed by atoms with Crippen molar-refractivity contribution in [2.45, 2.75) is 63.8 Å². The van der Waals surface area contributed by atoms with E-state index < -0.39 is 0 Å². The molecule has 3 rings (SSSR count). The van der Waals surface area contributed by atoms with Gasteiger partial charge < -0.3 is 10.1 Å². The van der Waals surface area contributed by atoms with E-state index in [4.69, 9.17) is 4.74 Å². The standard InChI is InChI=1S/C13H23NOS/c1-13(2)5-6-16-8-12(13)14-10-7-9-3-4-11(10)15-9/h9-12,14H,3-8H2,1-2H3. The molecule has 3 aliphatic heterocycles. The molecule has 92 valence electrons. The first-order valence-corrected chi connectivity index (χ1v) is 7.80. The summed E-state index contributed by atoms with van der Waals surface area (Å²) in [6.07, 6.45) is 6.27. The SMILES string of the molecule is CC1(C)CCSCC1NC1CC2CCC1O2. The van der Waals surface area contributed by atoms with Crippen molar-refractivity contribution < 1.29 is 4.74 Å². The monoisotopic (exact) mass is 241 g/mol. The average molecular weight is 241 g/mol. The molecule has 0 saturated carbocycles. The molecule has 4 atom stereocenters. The van der Waals surface area contributed by atoms with Crippen molar-refractivity contribution >= 4 is 11.8 Å². The van der Waals surface area contributed by atoms with Gasteiger partial charge in [-0.15, -0.1) is 0 Å². The number of thioether (sulfide) groups is 1. The van der Waals surface area contributed by atoms with E-state index in [1.54, 1.807) is 0 Å². The highest BCUT2D eigenvalue weighted by atomic mass is 32.2. The van der Waals surface area contributed by atoms with Crippen molar-refractivity contribution in [3.63, 3.8) is 0 Å². The molecule has 0 aromatic rings. The van der Waals surface area contributed by atoms with Gasteiger partial charge in [0.05, 0.1) is 12.2 Å². The molecule has 0 aromatic carbocycles. The predicted octanol–water partition coefficient (Wildman–Crippen LogP) is 2.43. The van der Waals surface area contributed by atoms with Crippen molar-refractivity contribution in [3.05, 3.63) is 0 Å². The zero-order valence-electron chi connectivity index (χ0n) is 10.4. The average Bonchev–Trinajstić information content (AvgIpc) is 2.82. The van der Waals surface area contributed by atoms with Gasteiger partial charge >= 0.3 is 0 Å². The Hall–Kier alpha value is 0.270. The normalized spacial score (nSPS) is 46.1. The summed E-state index contributed by atoms with van der Waals surface area (Å²) in [5, 5.41) is 3.89. The molecule has 3 heterocycles. The van der Waals surface area contributed by atoms with Crippen LogP contribution >= 0.6 is 11.8 Å². The number of fused-ring (bicyclic) bond motifs is 2. The zero-order valence-corrected chi connectivity index (χ0v) is 11.2. The van der Waals surface area contributed by atoms with Gasteiger partial charge in [-0.2, -0.15) is 11.8 Å². The summed E-state index contributed by atoms with van der Waals surface area (Å²) in [5.74, 6) is 2.61. The van der Waals surface area contributed by atoms with Gasteiger partial charge in [-0.1, -0.05) is 13.8 Å². The van der Waals surface area contributed by atoms with Crippen LogP contribution in [0.2, 0.25) is 0 Å². The van der Waals surface area contributed by atoms with Crippen molar-refractivity contribution in [1.29, 1.82) is 0 Å². The summed E-state index contributed by atoms with van der Waals surface area (Å²) < 4.78 is 5.93. The molecular formula is C13H23NOS. The molecule has 3 heteroatoms. The van der Waals surface area contributed by atoms with Crippen LogP contribution in [0.1, 0.15) is 39.5 Å². The maximum absolute atomic E-state index is 5.93. The maximum Gasteiger partial charge on any atom is 0.0733 e. The second-order valence-corrected chi connectivity index (χ2v) is 7.40. The molecule has 0 amide bonds. The van der Waals surface area contributed by atoms with Crippen molar-refractivity contribution in [2.24, 2.45) is 5.41 Å². The zero-order chi connectivity index (χ0) is 11.2. The Morgan fingerprint density at radius 2 is 2.19 bits per heavy atom. The van der Waals surface area contributed by atoms with E-state index in [1.807, 2.05) is 0 Å². The van der Waals surface area contributed by atoms with Crippen molar-refractivity contribution in [3.8, 4) is 0 Å². The Morgan fingerprint density at radius 3 is 2.81 bits per heavy atom. The number of rotatable bonds is 2. The highest BCUT2D eigenvalue weighted by Gasteiger charge is 2.43. The molecule has 0 aromatic heterocycles. The van der Waals surface area contributed by atoms with Gasteiger partial charge in [0.2, 0.25) is 0 Å². The van der Waals surface area contributed by atoms with E-state index in [2.05, 4.69) is 30.9 Å². The molecular weight excluding hydrogens is 218 g/mol. The summed E-state index contributed by atoms with van der Waals surface area (Å²) in [7, 11) is 0. The summed E-state index contributed by atoms with van der Waals surface area (Å²) in [6.45, 7) is 4.83. The van der Waals surface area contributed by atoms with E-state index in [0.29, 0.717) is 29.7 Å². The molecule has 1 N–H and O–H groups in total. The van der Waals surface area contributed by atoms with Gasteiger partial charge in [0.15, 0.2) is 0 Å². The van der Waals surface area contributed by atoms with E-state index in [-0.39, 0.29) is 0 Å². The van der Waals surface area contributed by atoms with Crippen LogP contribution in [0, 0.1) is 5.41 Å². The van der Waals surface area contributed by atoms with Crippen LogP contribution in [0.3, 0.4) is 0 Å². The number of hydrogen-bond acceptors (Lipinski definition) is 3. The van der Waals surface area contributed by atoms with Gasteiger partial charge in [0, 0.05) is 17.8 Å². The lowest BCUT2D eigenvalue weighted by Gasteiger charge is -2.41. The molecule has 0 spiro atoms. The number of hydrogen-bond donors (Lipinski definition) is 1. The second kappa shape index (κ2) is 4.18. The maximum atomic E-state index is 5.93. The molecule has 2 nitrogen and oxygen atoms in total. The molecule has 2 bridgehead atoms. The Labute approximate surface area is 103 Å². The summed E-state index contributed by atoms with van der Waals surface area (Å²) >= 11 is 2.11. The fourth-order valence-electron chi connectivity index (χ4n) is 3.28. The van der Waals surface area contributed by atoms with Crippen LogP contribution in [-0.4, -0.2) is 35.8 Å². The topological polar surface area (TPSA) is 21.3 Å². The van der Waals surface area contributed by atoms with E-state index in [1.165, 1.54) is 37.2 Å². The summed E-state index contributed by atoms with van der Waals surface area (Å²) in [4.78, 5) is 0. The number of ether oxygens (including phenoxy) is 1. The quantitative estimate of drug-likeness (QED) is 0.802. The lowest BCUT2D eigenvalue weighted by Crippen LogP contribution is -2.53. The minimum Gasteiger partial charge on any atom is -0.373 e. The van der Waals surface area contributed by atoms with Crippen LogP contribution in [-0.2, 0) is 4.74 Å². The van der Waals surface area contributed by atoms with Crippen LogP contribution in [0.15, 0.2) is 0 Å². The lowest BCUT2D eigenvalue weighted by atomic mass is 9.81. The Bertz CT molecular complexity index is 269. The first-order chi connectivity index (χ1) is 7.65. The third kappa shape index (κ3) is 2.02. The Balaban J connectivity index is 1.61. The predicted molar refractivity (Wildman–Crippen MR) is 68.9 cm³/mol. The molecule has 4 unspecified atom stereocenters. The number of nitrogens with one attached hydrogen (secondary N) is 1. The molecule has 3 aliphatic rings. The Kier molecular flexibility index (Phi) is 2.97. The van der Waals surface area contributed by atoms with Crippen LogP contribution < -0.4 is 5.32 Å². The van der Waals surface area contributed by atoms with Crippen LogP contribution in [0.4, 0.5) is 0 Å². The first kappa shape index (κ1) is 11.4. The smallest absolute Gasteiger partial charge is 0.0733 e. The van der Waals surface area contributed by atoms with E-state index in [9.17, 15) is 0 Å². The van der Waals surface area contributed by atoms with Crippen LogP contribution in [0.5, 0.6) is 0 Å². The third-order valence-electron chi connectivity index (χ3n) is 4.64. The first-order valence-electron chi connectivity index (χ1n) is 6.64. The lowest BCUT2D eigenvalue weighted by molar-refractivity contribution is 0.0925. The van der Waals surface area contributed by atoms with Crippen molar-refractivity contribution in [1.82, 2.24) is 5.32 Å².